The predicted octanol–water partition coefficient (Wildman–Crippen LogP) is 2.55. The highest BCUT2D eigenvalue weighted by Gasteiger charge is 2.37. The molecule has 0 aliphatic carbocycles. The van der Waals surface area contributed by atoms with Crippen molar-refractivity contribution >= 4 is 34.5 Å². The molecule has 1 atom stereocenters. The van der Waals surface area contributed by atoms with E-state index in [1.165, 1.54) is 18.8 Å². The summed E-state index contributed by atoms with van der Waals surface area (Å²) in [7, 11) is 3.05. The number of hydrogen-bond acceptors (Lipinski definition) is 8. The van der Waals surface area contributed by atoms with Crippen LogP contribution in [-0.4, -0.2) is 43.8 Å². The Bertz CT molecular complexity index is 1680. The van der Waals surface area contributed by atoms with Crippen LogP contribution < -0.4 is 29.3 Å². The third-order valence-electron chi connectivity index (χ3n) is 6.68. The molecule has 3 heterocycles. The maximum Gasteiger partial charge on any atom is 0.338 e. The number of thiazole rings is 1. The van der Waals surface area contributed by atoms with Crippen molar-refractivity contribution in [1.29, 1.82) is 0 Å². The van der Waals surface area contributed by atoms with Gasteiger partial charge in [0.1, 0.15) is 4.53 Å². The minimum Gasteiger partial charge on any atom is -0.493 e. The minimum atomic E-state index is -0.839. The molecule has 0 fully saturated rings. The smallest absolute Gasteiger partial charge is 0.338 e. The zero-order chi connectivity index (χ0) is 27.1. The molecular weight excluding hydrogens is 506 g/mol. The summed E-state index contributed by atoms with van der Waals surface area (Å²) in [4.78, 5) is 47.5. The van der Waals surface area contributed by atoms with Crippen LogP contribution in [0.1, 0.15) is 37.9 Å². The molecule has 3 aromatic rings. The zero-order valence-corrected chi connectivity index (χ0v) is 22.5. The predicted molar refractivity (Wildman–Crippen MR) is 143 cm³/mol. The summed E-state index contributed by atoms with van der Waals surface area (Å²) in [5, 5.41) is 0. The Morgan fingerprint density at radius 3 is 2.47 bits per heavy atom. The van der Waals surface area contributed by atoms with Gasteiger partial charge in [-0.15, -0.1) is 0 Å². The molecule has 0 bridgehead atoms. The molecule has 0 saturated carbocycles. The highest BCUT2D eigenvalue weighted by molar-refractivity contribution is 7.07. The summed E-state index contributed by atoms with van der Waals surface area (Å²) in [6.07, 6.45) is 0. The Hall–Kier alpha value is -4.18. The lowest BCUT2D eigenvalue weighted by Crippen LogP contribution is -2.41. The number of nitrogens with zero attached hydrogens (tertiary/aromatic N) is 3. The van der Waals surface area contributed by atoms with E-state index in [1.807, 2.05) is 31.2 Å². The van der Waals surface area contributed by atoms with E-state index < -0.39 is 17.6 Å². The molecule has 0 unspecified atom stereocenters. The number of rotatable bonds is 6. The van der Waals surface area contributed by atoms with Crippen LogP contribution in [0.25, 0.3) is 5.57 Å². The first-order chi connectivity index (χ1) is 18.4. The zero-order valence-electron chi connectivity index (χ0n) is 21.7. The maximum atomic E-state index is 14.1. The molecule has 2 aromatic carbocycles. The third-order valence-corrected chi connectivity index (χ3v) is 7.74. The number of likely N-dealkylation sites (N-methyl/N-ethyl adjacent to an activating group) is 1. The van der Waals surface area contributed by atoms with Crippen LogP contribution in [0.2, 0.25) is 0 Å². The van der Waals surface area contributed by atoms with Crippen LogP contribution in [0.5, 0.6) is 11.5 Å². The van der Waals surface area contributed by atoms with Crippen molar-refractivity contribution in [1.82, 2.24) is 4.57 Å². The number of carbonyl (C=O) groups is 2. The van der Waals surface area contributed by atoms with Crippen LogP contribution in [0.15, 0.2) is 63.5 Å². The molecule has 10 heteroatoms. The van der Waals surface area contributed by atoms with Gasteiger partial charge >= 0.3 is 5.97 Å². The standard InChI is InChI=1S/C28H27N3O6S/c1-6-30-18-11-9-8-10-17(18)22(25(30)32)24-26(33)31-23(16-12-13-19(35-4)20(14-16)36-5)21(27(34)37-7-2)15(3)29-28(31)38-24/h8-14,23H,6-7H2,1-5H3/b24-22-/t23-/m1/s1. The fraction of sp³-hybridized carbons (Fsp3) is 0.286. The number of fused-ring (bicyclic) bond motifs is 2. The van der Waals surface area contributed by atoms with Gasteiger partial charge in [0.25, 0.3) is 11.5 Å². The number of ether oxygens (including phenoxy) is 3. The van der Waals surface area contributed by atoms with E-state index in [0.29, 0.717) is 45.2 Å². The van der Waals surface area contributed by atoms with Crippen LogP contribution in [-0.2, 0) is 14.3 Å². The lowest BCUT2D eigenvalue weighted by Gasteiger charge is -2.25. The molecule has 9 nitrogen and oxygen atoms in total. The Morgan fingerprint density at radius 1 is 1.05 bits per heavy atom. The number of methoxy groups -OCH3 is 2. The van der Waals surface area contributed by atoms with Gasteiger partial charge < -0.3 is 19.1 Å². The van der Waals surface area contributed by atoms with E-state index in [0.717, 1.165) is 17.0 Å². The number of para-hydroxylation sites is 1. The summed E-state index contributed by atoms with van der Waals surface area (Å²) >= 11 is 1.14. The third kappa shape index (κ3) is 3.83. The van der Waals surface area contributed by atoms with Gasteiger partial charge in [-0.25, -0.2) is 9.79 Å². The molecule has 0 radical (unpaired) electrons. The second-order valence-corrected chi connectivity index (χ2v) is 9.66. The van der Waals surface area contributed by atoms with Crippen molar-refractivity contribution < 1.29 is 23.8 Å². The lowest BCUT2D eigenvalue weighted by atomic mass is 9.95. The molecule has 1 amide bonds. The van der Waals surface area contributed by atoms with Gasteiger partial charge in [0.15, 0.2) is 16.3 Å². The first-order valence-electron chi connectivity index (χ1n) is 12.2. The van der Waals surface area contributed by atoms with E-state index in [2.05, 4.69) is 4.99 Å². The van der Waals surface area contributed by atoms with Gasteiger partial charge in [-0.1, -0.05) is 35.6 Å². The van der Waals surface area contributed by atoms with Crippen LogP contribution in [0.4, 0.5) is 5.69 Å². The van der Waals surface area contributed by atoms with Gasteiger partial charge in [0.2, 0.25) is 0 Å². The van der Waals surface area contributed by atoms with Gasteiger partial charge in [-0.2, -0.15) is 0 Å². The van der Waals surface area contributed by atoms with Crippen LogP contribution in [0.3, 0.4) is 0 Å². The lowest BCUT2D eigenvalue weighted by molar-refractivity contribution is -0.139. The van der Waals surface area contributed by atoms with Crippen LogP contribution >= 0.6 is 11.3 Å². The summed E-state index contributed by atoms with van der Waals surface area (Å²) in [5.41, 5.74) is 2.71. The number of hydrogen-bond donors (Lipinski definition) is 0. The van der Waals surface area contributed by atoms with Crippen molar-refractivity contribution in [2.75, 3.05) is 32.3 Å². The van der Waals surface area contributed by atoms with Crippen molar-refractivity contribution in [2.24, 2.45) is 4.99 Å². The Morgan fingerprint density at radius 2 is 1.79 bits per heavy atom. The summed E-state index contributed by atoms with van der Waals surface area (Å²) in [6.45, 7) is 5.97. The van der Waals surface area contributed by atoms with Crippen LogP contribution in [0, 0.1) is 0 Å². The summed E-state index contributed by atoms with van der Waals surface area (Å²) < 4.78 is 18.0. The first-order valence-corrected chi connectivity index (χ1v) is 13.0. The highest BCUT2D eigenvalue weighted by Crippen LogP contribution is 2.37. The average molecular weight is 534 g/mol. The Labute approximate surface area is 222 Å². The number of benzene rings is 2. The molecule has 2 aliphatic rings. The van der Waals surface area contributed by atoms with Crippen molar-refractivity contribution in [3.63, 3.8) is 0 Å². The normalized spacial score (nSPS) is 17.7. The molecule has 0 N–H and O–H groups in total. The topological polar surface area (TPSA) is 99.4 Å². The van der Waals surface area contributed by atoms with E-state index in [-0.39, 0.29) is 22.6 Å². The number of anilines is 1. The SMILES string of the molecule is CCOC(=O)C1=C(C)N=c2s/c(=C3\C(=O)N(CC)c4ccccc43)c(=O)n2[C@@H]1c1ccc(OC)c(OC)c1. The number of carbonyl (C=O) groups excluding carboxylic acids is 2. The second kappa shape index (κ2) is 9.94. The number of amides is 1. The van der Waals surface area contributed by atoms with Crippen molar-refractivity contribution in [3.8, 4) is 11.5 Å². The molecule has 38 heavy (non-hydrogen) atoms. The van der Waals surface area contributed by atoms with E-state index in [1.54, 1.807) is 36.9 Å². The summed E-state index contributed by atoms with van der Waals surface area (Å²) in [6, 6.07) is 11.8. The number of allylic oxidation sites excluding steroid dienone is 1. The first kappa shape index (κ1) is 25.5. The highest BCUT2D eigenvalue weighted by atomic mass is 32.1. The summed E-state index contributed by atoms with van der Waals surface area (Å²) in [5.74, 6) is 0.164. The van der Waals surface area contributed by atoms with Crippen molar-refractivity contribution in [2.45, 2.75) is 26.8 Å². The van der Waals surface area contributed by atoms with Gasteiger partial charge in [0, 0.05) is 12.1 Å². The minimum absolute atomic E-state index is 0.168. The number of esters is 1. The quantitative estimate of drug-likeness (QED) is 0.452. The Kier molecular flexibility index (Phi) is 6.66. The van der Waals surface area contributed by atoms with Gasteiger partial charge in [0.05, 0.1) is 49.4 Å². The maximum absolute atomic E-state index is 14.1. The fourth-order valence-electron chi connectivity index (χ4n) is 4.99. The number of aromatic nitrogens is 1. The monoisotopic (exact) mass is 533 g/mol. The Balaban J connectivity index is 1.83. The molecule has 1 aromatic heterocycles. The van der Waals surface area contributed by atoms with Gasteiger partial charge in [-0.05, 0) is 44.5 Å². The van der Waals surface area contributed by atoms with Gasteiger partial charge in [-0.3, -0.25) is 14.2 Å². The molecule has 5 rings (SSSR count). The molecular formula is C28H27N3O6S. The van der Waals surface area contributed by atoms with E-state index in [4.69, 9.17) is 14.2 Å². The average Bonchev–Trinajstić information content (AvgIpc) is 3.39. The van der Waals surface area contributed by atoms with E-state index >= 15 is 0 Å². The van der Waals surface area contributed by atoms with E-state index in [9.17, 15) is 14.4 Å². The molecule has 196 valence electrons. The fourth-order valence-corrected chi connectivity index (χ4v) is 6.13. The molecule has 2 aliphatic heterocycles. The molecule has 0 spiro atoms. The largest absolute Gasteiger partial charge is 0.493 e. The molecule has 0 saturated heterocycles. The second-order valence-electron chi connectivity index (χ2n) is 8.68. The van der Waals surface area contributed by atoms with Crippen molar-refractivity contribution in [3.05, 3.63) is 84.5 Å².